The summed E-state index contributed by atoms with van der Waals surface area (Å²) < 4.78 is 16.2. The van der Waals surface area contributed by atoms with Crippen LogP contribution in [0.2, 0.25) is 0 Å². The van der Waals surface area contributed by atoms with Crippen molar-refractivity contribution in [1.29, 1.82) is 0 Å². The molecule has 1 amide bonds. The van der Waals surface area contributed by atoms with Crippen molar-refractivity contribution in [1.82, 2.24) is 10.3 Å². The van der Waals surface area contributed by atoms with Gasteiger partial charge in [-0.2, -0.15) is 0 Å². The predicted octanol–water partition coefficient (Wildman–Crippen LogP) is 7.36. The minimum Gasteiger partial charge on any atom is -0.497 e. The van der Waals surface area contributed by atoms with E-state index in [1.165, 1.54) is 11.3 Å². The molecule has 0 spiro atoms. The molecular weight excluding hydrogens is 560 g/mol. The number of allylic oxidation sites excluding steroid dienone is 2. The van der Waals surface area contributed by atoms with E-state index in [0.29, 0.717) is 36.5 Å². The van der Waals surface area contributed by atoms with E-state index in [2.05, 4.69) is 5.32 Å². The van der Waals surface area contributed by atoms with Crippen molar-refractivity contribution in [2.24, 2.45) is 0 Å². The van der Waals surface area contributed by atoms with Gasteiger partial charge in [-0.1, -0.05) is 42.5 Å². The van der Waals surface area contributed by atoms with Gasteiger partial charge in [-0.25, -0.2) is 9.78 Å². The lowest BCUT2D eigenvalue weighted by Crippen LogP contribution is -2.30. The minimum absolute atomic E-state index is 0.202. The molecule has 222 valence electrons. The number of rotatable bonds is 13. The lowest BCUT2D eigenvalue weighted by molar-refractivity contribution is -0.138. The minimum atomic E-state index is -0.366. The van der Waals surface area contributed by atoms with E-state index in [1.807, 2.05) is 73.0 Å². The molecular formula is C35H36N2O5S. The molecule has 1 heterocycles. The molecule has 43 heavy (non-hydrogen) atoms. The van der Waals surface area contributed by atoms with Crippen LogP contribution in [0.15, 0.2) is 101 Å². The zero-order valence-electron chi connectivity index (χ0n) is 24.8. The maximum atomic E-state index is 13.3. The Kier molecular flexibility index (Phi) is 11.3. The maximum Gasteiger partial charge on any atom is 0.333 e. The lowest BCUT2D eigenvalue weighted by Gasteiger charge is -2.17. The van der Waals surface area contributed by atoms with Crippen LogP contribution in [0.25, 0.3) is 6.08 Å². The lowest BCUT2D eigenvalue weighted by atomic mass is 10.1. The van der Waals surface area contributed by atoms with Crippen LogP contribution in [0.4, 0.5) is 0 Å². The molecule has 3 aromatic carbocycles. The fraction of sp³-hybridized carbons (Fsp3) is 0.229. The third-order valence-electron chi connectivity index (χ3n) is 6.52. The van der Waals surface area contributed by atoms with Crippen molar-refractivity contribution in [3.05, 3.63) is 129 Å². The Morgan fingerprint density at radius 2 is 1.63 bits per heavy atom. The molecule has 0 aliphatic carbocycles. The number of methoxy groups -OCH3 is 1. The summed E-state index contributed by atoms with van der Waals surface area (Å²) in [4.78, 5) is 30.1. The molecule has 1 N–H and O–H groups in total. The second-order valence-electron chi connectivity index (χ2n) is 9.92. The molecule has 0 radical (unpaired) electrons. The SMILES string of the molecule is CCOC(=O)/C(C)=C\C(C)=C\c1csc([C@H](Cc2ccc(OCc3ccccc3)cc2)NC(=O)c2ccc(OC)cc2)n1. The number of nitrogens with zero attached hydrogens (tertiary/aromatic N) is 1. The first-order chi connectivity index (χ1) is 20.8. The van der Waals surface area contributed by atoms with Gasteiger partial charge in [0.1, 0.15) is 23.1 Å². The Bertz CT molecular complexity index is 1560. The maximum absolute atomic E-state index is 13.3. The number of ether oxygens (including phenoxy) is 3. The number of hydrogen-bond acceptors (Lipinski definition) is 7. The van der Waals surface area contributed by atoms with E-state index in [9.17, 15) is 9.59 Å². The van der Waals surface area contributed by atoms with Crippen LogP contribution in [0.5, 0.6) is 11.5 Å². The van der Waals surface area contributed by atoms with Crippen molar-refractivity contribution in [2.75, 3.05) is 13.7 Å². The summed E-state index contributed by atoms with van der Waals surface area (Å²) in [7, 11) is 1.59. The Hall–Kier alpha value is -4.69. The zero-order valence-corrected chi connectivity index (χ0v) is 25.6. The molecule has 7 nitrogen and oxygen atoms in total. The number of benzene rings is 3. The van der Waals surface area contributed by atoms with Crippen molar-refractivity contribution >= 4 is 29.3 Å². The first-order valence-electron chi connectivity index (χ1n) is 14.0. The largest absolute Gasteiger partial charge is 0.497 e. The van der Waals surface area contributed by atoms with E-state index in [-0.39, 0.29) is 17.9 Å². The average molecular weight is 597 g/mol. The van der Waals surface area contributed by atoms with Crippen molar-refractivity contribution < 1.29 is 23.8 Å². The number of esters is 1. The zero-order chi connectivity index (χ0) is 30.6. The van der Waals surface area contributed by atoms with Gasteiger partial charge < -0.3 is 19.5 Å². The molecule has 0 saturated carbocycles. The third-order valence-corrected chi connectivity index (χ3v) is 7.50. The second kappa shape index (κ2) is 15.5. The summed E-state index contributed by atoms with van der Waals surface area (Å²) in [5, 5.41) is 5.89. The van der Waals surface area contributed by atoms with Crippen LogP contribution in [0, 0.1) is 0 Å². The highest BCUT2D eigenvalue weighted by Crippen LogP contribution is 2.26. The molecule has 0 saturated heterocycles. The normalized spacial score (nSPS) is 12.4. The number of carbonyl (C=O) groups is 2. The van der Waals surface area contributed by atoms with Gasteiger partial charge in [0.2, 0.25) is 0 Å². The first-order valence-corrected chi connectivity index (χ1v) is 14.9. The summed E-state index contributed by atoms with van der Waals surface area (Å²) in [6.45, 7) is 6.23. The van der Waals surface area contributed by atoms with E-state index < -0.39 is 0 Å². The number of thiazole rings is 1. The van der Waals surface area contributed by atoms with E-state index in [4.69, 9.17) is 19.2 Å². The highest BCUT2D eigenvalue weighted by atomic mass is 32.1. The molecule has 4 rings (SSSR count). The van der Waals surface area contributed by atoms with Gasteiger partial charge in [-0.3, -0.25) is 4.79 Å². The van der Waals surface area contributed by atoms with Crippen LogP contribution < -0.4 is 14.8 Å². The summed E-state index contributed by atoms with van der Waals surface area (Å²) in [5.41, 5.74) is 4.80. The summed E-state index contributed by atoms with van der Waals surface area (Å²) in [5.74, 6) is 0.912. The van der Waals surface area contributed by atoms with Gasteiger partial charge in [0.25, 0.3) is 5.91 Å². The van der Waals surface area contributed by atoms with Crippen LogP contribution in [0.3, 0.4) is 0 Å². The molecule has 0 aliphatic heterocycles. The van der Waals surface area contributed by atoms with Gasteiger partial charge in [0.05, 0.1) is 25.5 Å². The van der Waals surface area contributed by atoms with Crippen molar-refractivity contribution in [3.8, 4) is 11.5 Å². The molecule has 1 atom stereocenters. The highest BCUT2D eigenvalue weighted by molar-refractivity contribution is 7.09. The van der Waals surface area contributed by atoms with Crippen LogP contribution in [0.1, 0.15) is 59.0 Å². The summed E-state index contributed by atoms with van der Waals surface area (Å²) in [6, 6.07) is 24.6. The van der Waals surface area contributed by atoms with Gasteiger partial charge in [0, 0.05) is 16.5 Å². The topological polar surface area (TPSA) is 86.8 Å². The van der Waals surface area contributed by atoms with Crippen LogP contribution >= 0.6 is 11.3 Å². The number of nitrogens with one attached hydrogen (secondary N) is 1. The first kappa shape index (κ1) is 31.3. The Morgan fingerprint density at radius 3 is 2.30 bits per heavy atom. The molecule has 1 aromatic heterocycles. The number of aromatic nitrogens is 1. The van der Waals surface area contributed by atoms with Crippen molar-refractivity contribution in [3.63, 3.8) is 0 Å². The second-order valence-corrected chi connectivity index (χ2v) is 10.8. The smallest absolute Gasteiger partial charge is 0.333 e. The van der Waals surface area contributed by atoms with Crippen LogP contribution in [-0.2, 0) is 22.6 Å². The van der Waals surface area contributed by atoms with Gasteiger partial charge in [0.15, 0.2) is 0 Å². The Balaban J connectivity index is 1.52. The Labute approximate surface area is 256 Å². The summed E-state index contributed by atoms with van der Waals surface area (Å²) in [6.07, 6.45) is 4.23. The molecule has 8 heteroatoms. The van der Waals surface area contributed by atoms with Gasteiger partial charge in [-0.05, 0) is 92.4 Å². The monoisotopic (exact) mass is 596 g/mol. The number of hydrogen-bond donors (Lipinski definition) is 1. The Morgan fingerprint density at radius 1 is 0.930 bits per heavy atom. The van der Waals surface area contributed by atoms with Crippen molar-refractivity contribution in [2.45, 2.75) is 39.8 Å². The number of amides is 1. The molecule has 4 aromatic rings. The van der Waals surface area contributed by atoms with Gasteiger partial charge >= 0.3 is 5.97 Å². The van der Waals surface area contributed by atoms with Crippen LogP contribution in [-0.4, -0.2) is 30.6 Å². The summed E-state index contributed by atoms with van der Waals surface area (Å²) >= 11 is 1.48. The molecule has 0 aliphatic rings. The molecule has 0 unspecified atom stereocenters. The fourth-order valence-corrected chi connectivity index (χ4v) is 5.16. The third kappa shape index (κ3) is 9.41. The van der Waals surface area contributed by atoms with E-state index in [0.717, 1.165) is 33.2 Å². The highest BCUT2D eigenvalue weighted by Gasteiger charge is 2.20. The quantitative estimate of drug-likeness (QED) is 0.0986. The molecule has 0 fully saturated rings. The average Bonchev–Trinajstić information content (AvgIpc) is 3.49. The molecule has 0 bridgehead atoms. The van der Waals surface area contributed by atoms with E-state index >= 15 is 0 Å². The number of carbonyl (C=O) groups excluding carboxylic acids is 2. The van der Waals surface area contributed by atoms with E-state index in [1.54, 1.807) is 51.3 Å². The van der Waals surface area contributed by atoms with Gasteiger partial charge in [-0.15, -0.1) is 11.3 Å². The fourth-order valence-electron chi connectivity index (χ4n) is 4.33. The standard InChI is InChI=1S/C35H36N2O5S/c1-5-41-35(39)25(3)19-24(2)20-29-23-43-34(36-29)32(37-33(38)28-13-17-30(40-4)18-14-28)21-26-11-15-31(16-12-26)42-22-27-9-7-6-8-10-27/h6-20,23,32H,5,21-22H2,1-4H3,(H,37,38)/b24-20+,25-19-/t32-/m0/s1. The predicted molar refractivity (Wildman–Crippen MR) is 170 cm³/mol.